The minimum Gasteiger partial charge on any atom is -0.497 e. The molecule has 0 spiro atoms. The molecule has 4 rings (SSSR count). The molecule has 1 amide bonds. The van der Waals surface area contributed by atoms with Gasteiger partial charge in [0.1, 0.15) is 11.5 Å². The van der Waals surface area contributed by atoms with Crippen LogP contribution in [-0.4, -0.2) is 44.3 Å². The Kier molecular flexibility index (Phi) is 8.15. The van der Waals surface area contributed by atoms with Crippen molar-refractivity contribution in [2.45, 2.75) is 37.7 Å². The first-order valence-electron chi connectivity index (χ1n) is 11.3. The van der Waals surface area contributed by atoms with E-state index < -0.39 is 12.3 Å². The first kappa shape index (κ1) is 26.9. The van der Waals surface area contributed by atoms with E-state index in [1.54, 1.807) is 19.2 Å². The van der Waals surface area contributed by atoms with Gasteiger partial charge in [-0.3, -0.25) is 4.79 Å². The maximum atomic E-state index is 13.1. The first-order valence-corrected chi connectivity index (χ1v) is 12.3. The number of carbonyl (C=O) groups is 1. The second-order valence-corrected chi connectivity index (χ2v) is 9.03. The number of nitrogens with zero attached hydrogens (tertiary/aromatic N) is 5. The molecule has 4 aromatic rings. The summed E-state index contributed by atoms with van der Waals surface area (Å²) in [6, 6.07) is 14.2. The fraction of sp³-hybridized carbons (Fsp3) is 0.240. The predicted molar refractivity (Wildman–Crippen MR) is 133 cm³/mol. The molecule has 9 nitrogen and oxygen atoms in total. The Morgan fingerprint density at radius 1 is 1.00 bits per heavy atom. The maximum Gasteiger partial charge on any atom is 0.573 e. The monoisotopic (exact) mass is 544 g/mol. The Balaban J connectivity index is 1.59. The van der Waals surface area contributed by atoms with Crippen molar-refractivity contribution in [1.29, 1.82) is 0 Å². The number of hydrogen-bond acceptors (Lipinski definition) is 8. The predicted octanol–water partition coefficient (Wildman–Crippen LogP) is 4.80. The van der Waals surface area contributed by atoms with Crippen molar-refractivity contribution in [2.75, 3.05) is 7.11 Å². The highest BCUT2D eigenvalue weighted by Crippen LogP contribution is 2.27. The third kappa shape index (κ3) is 7.00. The molecule has 38 heavy (non-hydrogen) atoms. The van der Waals surface area contributed by atoms with Gasteiger partial charge in [0, 0.05) is 23.7 Å². The molecule has 0 radical (unpaired) electrons. The number of nitrogens with one attached hydrogen (secondary N) is 1. The average molecular weight is 545 g/mol. The van der Waals surface area contributed by atoms with E-state index in [0.29, 0.717) is 22.3 Å². The van der Waals surface area contributed by atoms with Crippen molar-refractivity contribution in [3.8, 4) is 17.2 Å². The summed E-state index contributed by atoms with van der Waals surface area (Å²) in [6.45, 7) is 3.95. The molecular formula is C25H23F3N6O3S. The summed E-state index contributed by atoms with van der Waals surface area (Å²) in [5, 5.41) is 11.5. The standard InChI is InChI=1S/C25H23F3N6O3S/c1-15-12-16(2)31-24(30-15)38-14-21-22(23(35)29-13-17-4-8-19(36-3)9-5-17)32-33-34(21)18-6-10-20(11-7-18)37-25(26,27)28/h4-12H,13-14H2,1-3H3,(H,29,35). The van der Waals surface area contributed by atoms with Crippen molar-refractivity contribution >= 4 is 17.7 Å². The molecule has 2 aromatic heterocycles. The summed E-state index contributed by atoms with van der Waals surface area (Å²) >= 11 is 1.29. The van der Waals surface area contributed by atoms with Crippen molar-refractivity contribution in [3.63, 3.8) is 0 Å². The minimum atomic E-state index is -4.81. The normalized spacial score (nSPS) is 11.3. The molecule has 2 aromatic carbocycles. The number of ether oxygens (including phenoxy) is 2. The van der Waals surface area contributed by atoms with E-state index in [0.717, 1.165) is 29.1 Å². The van der Waals surface area contributed by atoms with Gasteiger partial charge < -0.3 is 14.8 Å². The smallest absolute Gasteiger partial charge is 0.497 e. The number of thioether (sulfide) groups is 1. The molecule has 198 valence electrons. The molecule has 0 aliphatic carbocycles. The molecule has 0 aliphatic rings. The Morgan fingerprint density at radius 3 is 2.24 bits per heavy atom. The van der Waals surface area contributed by atoms with Crippen LogP contribution in [0.5, 0.6) is 11.5 Å². The second kappa shape index (κ2) is 11.5. The van der Waals surface area contributed by atoms with E-state index in [9.17, 15) is 18.0 Å². The fourth-order valence-corrected chi connectivity index (χ4v) is 4.45. The van der Waals surface area contributed by atoms with Crippen LogP contribution >= 0.6 is 11.8 Å². The number of benzene rings is 2. The van der Waals surface area contributed by atoms with Crippen molar-refractivity contribution in [3.05, 3.63) is 82.9 Å². The van der Waals surface area contributed by atoms with Gasteiger partial charge in [0.25, 0.3) is 5.91 Å². The summed E-state index contributed by atoms with van der Waals surface area (Å²) in [7, 11) is 1.57. The highest BCUT2D eigenvalue weighted by atomic mass is 32.2. The Bertz CT molecular complexity index is 1390. The highest BCUT2D eigenvalue weighted by molar-refractivity contribution is 7.98. The number of carbonyl (C=O) groups excluding carboxylic acids is 1. The third-order valence-electron chi connectivity index (χ3n) is 5.21. The molecular weight excluding hydrogens is 521 g/mol. The number of alkyl halides is 3. The van der Waals surface area contributed by atoms with Crippen LogP contribution in [0.3, 0.4) is 0 Å². The lowest BCUT2D eigenvalue weighted by Gasteiger charge is -2.11. The van der Waals surface area contributed by atoms with Gasteiger partial charge in [-0.2, -0.15) is 0 Å². The van der Waals surface area contributed by atoms with E-state index in [2.05, 4.69) is 30.3 Å². The summed E-state index contributed by atoms with van der Waals surface area (Å²) in [6.07, 6.45) is -4.81. The number of methoxy groups -OCH3 is 1. The summed E-state index contributed by atoms with van der Waals surface area (Å²) in [4.78, 5) is 21.9. The summed E-state index contributed by atoms with van der Waals surface area (Å²) in [5.74, 6) is 0.0872. The number of hydrogen-bond donors (Lipinski definition) is 1. The van der Waals surface area contributed by atoms with Crippen LogP contribution in [0.4, 0.5) is 13.2 Å². The highest BCUT2D eigenvalue weighted by Gasteiger charge is 2.31. The Labute approximate surface area is 220 Å². The van der Waals surface area contributed by atoms with Crippen LogP contribution in [0.15, 0.2) is 59.8 Å². The van der Waals surface area contributed by atoms with Gasteiger partial charge in [0.2, 0.25) is 0 Å². The minimum absolute atomic E-state index is 0.0750. The zero-order valence-electron chi connectivity index (χ0n) is 20.6. The molecule has 0 atom stereocenters. The van der Waals surface area contributed by atoms with Crippen molar-refractivity contribution < 1.29 is 27.4 Å². The van der Waals surface area contributed by atoms with E-state index in [-0.39, 0.29) is 23.7 Å². The lowest BCUT2D eigenvalue weighted by Crippen LogP contribution is -2.24. The maximum absolute atomic E-state index is 13.1. The number of halogens is 3. The van der Waals surface area contributed by atoms with Crippen LogP contribution in [0.25, 0.3) is 5.69 Å². The van der Waals surface area contributed by atoms with E-state index in [1.165, 1.54) is 28.6 Å². The number of aromatic nitrogens is 5. The zero-order chi connectivity index (χ0) is 27.3. The molecule has 1 N–H and O–H groups in total. The zero-order valence-corrected chi connectivity index (χ0v) is 21.4. The van der Waals surface area contributed by atoms with Crippen LogP contribution < -0.4 is 14.8 Å². The molecule has 0 saturated heterocycles. The fourth-order valence-electron chi connectivity index (χ4n) is 3.50. The molecule has 0 unspecified atom stereocenters. The van der Waals surface area contributed by atoms with Gasteiger partial charge in [-0.25, -0.2) is 14.6 Å². The Hall–Kier alpha value is -4.13. The van der Waals surface area contributed by atoms with Gasteiger partial charge in [0.15, 0.2) is 10.9 Å². The third-order valence-corrected chi connectivity index (χ3v) is 6.06. The van der Waals surface area contributed by atoms with Crippen molar-refractivity contribution in [2.24, 2.45) is 0 Å². The van der Waals surface area contributed by atoms with E-state index >= 15 is 0 Å². The SMILES string of the molecule is COc1ccc(CNC(=O)c2nnn(-c3ccc(OC(F)(F)F)cc3)c2CSc2nc(C)cc(C)n2)cc1. The molecule has 0 fully saturated rings. The second-order valence-electron chi connectivity index (χ2n) is 8.09. The van der Waals surface area contributed by atoms with Gasteiger partial charge >= 0.3 is 6.36 Å². The number of amides is 1. The van der Waals surface area contributed by atoms with Gasteiger partial charge in [0.05, 0.1) is 18.5 Å². The number of aryl methyl sites for hydroxylation is 2. The average Bonchev–Trinajstić information content (AvgIpc) is 3.29. The van der Waals surface area contributed by atoms with E-state index in [4.69, 9.17) is 4.74 Å². The van der Waals surface area contributed by atoms with Gasteiger partial charge in [-0.05, 0) is 61.9 Å². The lowest BCUT2D eigenvalue weighted by molar-refractivity contribution is -0.274. The topological polar surface area (TPSA) is 104 Å². The van der Waals surface area contributed by atoms with Crippen LogP contribution in [-0.2, 0) is 12.3 Å². The van der Waals surface area contributed by atoms with Gasteiger partial charge in [-0.15, -0.1) is 18.3 Å². The first-order chi connectivity index (χ1) is 18.1. The summed E-state index contributed by atoms with van der Waals surface area (Å²) < 4.78 is 48.2. The molecule has 0 saturated carbocycles. The molecule has 0 aliphatic heterocycles. The lowest BCUT2D eigenvalue weighted by atomic mass is 10.2. The molecule has 0 bridgehead atoms. The largest absolute Gasteiger partial charge is 0.573 e. The van der Waals surface area contributed by atoms with Crippen LogP contribution in [0.2, 0.25) is 0 Å². The van der Waals surface area contributed by atoms with Crippen LogP contribution in [0, 0.1) is 13.8 Å². The molecule has 2 heterocycles. The quantitative estimate of drug-likeness (QED) is 0.237. The summed E-state index contributed by atoms with van der Waals surface area (Å²) in [5.41, 5.74) is 3.35. The molecule has 13 heteroatoms. The number of rotatable bonds is 9. The Morgan fingerprint density at radius 2 is 1.63 bits per heavy atom. The van der Waals surface area contributed by atoms with Gasteiger partial charge in [-0.1, -0.05) is 29.1 Å². The van der Waals surface area contributed by atoms with E-state index in [1.807, 2.05) is 32.0 Å². The van der Waals surface area contributed by atoms with Crippen molar-refractivity contribution in [1.82, 2.24) is 30.3 Å². The van der Waals surface area contributed by atoms with Crippen LogP contribution in [0.1, 0.15) is 33.1 Å².